The topological polar surface area (TPSA) is 57.7 Å². The maximum Gasteiger partial charge on any atom is 0.404 e. The molecule has 1 aromatic carbocycles. The summed E-state index contributed by atoms with van der Waals surface area (Å²) in [6.07, 6.45) is 2.05. The van der Waals surface area contributed by atoms with Crippen LogP contribution in [-0.4, -0.2) is 48.3 Å². The van der Waals surface area contributed by atoms with Gasteiger partial charge in [0.05, 0.1) is 24.0 Å². The molecule has 0 radical (unpaired) electrons. The largest absolute Gasteiger partial charge is 0.404 e. The summed E-state index contributed by atoms with van der Waals surface area (Å²) in [5.74, 6) is 0.283. The first kappa shape index (κ1) is 25.0. The van der Waals surface area contributed by atoms with Gasteiger partial charge in [0.2, 0.25) is 5.91 Å². The average Bonchev–Trinajstić information content (AvgIpc) is 3.69. The second-order valence-electron chi connectivity index (χ2n) is 10.4. The van der Waals surface area contributed by atoms with E-state index in [0.717, 1.165) is 42.5 Å². The number of anilines is 3. The van der Waals surface area contributed by atoms with Gasteiger partial charge < -0.3 is 15.0 Å². The van der Waals surface area contributed by atoms with E-state index in [1.54, 1.807) is 18.2 Å². The van der Waals surface area contributed by atoms with Gasteiger partial charge in [-0.25, -0.2) is 4.98 Å². The number of carbonyl (C=O) groups excluding carboxylic acids is 1. The highest BCUT2D eigenvalue weighted by Crippen LogP contribution is 2.44. The van der Waals surface area contributed by atoms with Gasteiger partial charge in [0.1, 0.15) is 11.9 Å². The van der Waals surface area contributed by atoms with E-state index < -0.39 is 12.2 Å². The van der Waals surface area contributed by atoms with Crippen LogP contribution in [-0.2, 0) is 22.6 Å². The van der Waals surface area contributed by atoms with Crippen molar-refractivity contribution in [2.24, 2.45) is 11.8 Å². The summed E-state index contributed by atoms with van der Waals surface area (Å²) in [5.41, 5.74) is 3.06. The van der Waals surface area contributed by atoms with Crippen LogP contribution in [0.4, 0.5) is 30.4 Å². The van der Waals surface area contributed by atoms with Crippen LogP contribution in [0.1, 0.15) is 49.7 Å². The molecule has 36 heavy (non-hydrogen) atoms. The third-order valence-electron chi connectivity index (χ3n) is 7.76. The van der Waals surface area contributed by atoms with Crippen LogP contribution in [0.25, 0.3) is 0 Å². The van der Waals surface area contributed by atoms with Gasteiger partial charge in [-0.15, -0.1) is 0 Å². The van der Waals surface area contributed by atoms with Gasteiger partial charge in [0.15, 0.2) is 0 Å². The molecule has 1 atom stereocenters. The molecule has 1 aromatic heterocycles. The van der Waals surface area contributed by atoms with Crippen molar-refractivity contribution in [2.75, 3.05) is 24.4 Å². The summed E-state index contributed by atoms with van der Waals surface area (Å²) < 4.78 is 46.7. The monoisotopic (exact) mass is 502 g/mol. The zero-order valence-electron chi connectivity index (χ0n) is 20.7. The highest BCUT2D eigenvalue weighted by atomic mass is 19.4. The Bertz CT molecular complexity index is 1100. The van der Waals surface area contributed by atoms with Crippen molar-refractivity contribution in [2.45, 2.75) is 69.9 Å². The van der Waals surface area contributed by atoms with Crippen LogP contribution in [0, 0.1) is 11.8 Å². The minimum atomic E-state index is -4.26. The molecule has 0 saturated heterocycles. The lowest BCUT2D eigenvalue weighted by molar-refractivity contribution is -0.187. The van der Waals surface area contributed by atoms with Crippen LogP contribution in [0.5, 0.6) is 0 Å². The average molecular weight is 503 g/mol. The number of methoxy groups -OCH3 is 1. The van der Waals surface area contributed by atoms with E-state index >= 15 is 0 Å². The summed E-state index contributed by atoms with van der Waals surface area (Å²) in [5, 5.41) is 3.34. The number of amides is 1. The molecule has 1 unspecified atom stereocenters. The molecule has 5 rings (SSSR count). The maximum atomic E-state index is 13.8. The lowest BCUT2D eigenvalue weighted by Gasteiger charge is -2.32. The molecule has 6 nitrogen and oxygen atoms in total. The van der Waals surface area contributed by atoms with Crippen molar-refractivity contribution in [3.8, 4) is 0 Å². The Balaban J connectivity index is 1.44. The van der Waals surface area contributed by atoms with Gasteiger partial charge in [0, 0.05) is 31.3 Å². The molecule has 2 fully saturated rings. The Morgan fingerprint density at radius 3 is 2.61 bits per heavy atom. The summed E-state index contributed by atoms with van der Waals surface area (Å²) in [7, 11) is 3.25. The number of nitrogens with zero attached hydrogens (tertiary/aromatic N) is 3. The van der Waals surface area contributed by atoms with E-state index in [-0.39, 0.29) is 30.4 Å². The Kier molecular flexibility index (Phi) is 6.96. The standard InChI is InChI=1S/C27H33F3N4O2/c1-33(24(18-6-7-18)27(28,29)30)15-17-5-12-22-23(14-17)34(16-20-4-3-13-31-25(20)32-22)26(35)19-8-10-21(36-2)11-9-19/h3-5,12-14,18-19,21,24H,6-11,15-16H2,1-2H3,(H,31,32)/t19-,21-,24?. The zero-order valence-corrected chi connectivity index (χ0v) is 20.7. The SMILES string of the molecule is CO[C@H]1CC[C@H](C(=O)N2Cc3cccnc3Nc3ccc(CN(C)C(C4CC4)C(F)(F)F)cc32)CC1. The van der Waals surface area contributed by atoms with Crippen molar-refractivity contribution < 1.29 is 22.7 Å². The predicted molar refractivity (Wildman–Crippen MR) is 132 cm³/mol. The molecule has 2 heterocycles. The van der Waals surface area contributed by atoms with E-state index in [4.69, 9.17) is 4.74 Å². The van der Waals surface area contributed by atoms with Crippen LogP contribution in [0.2, 0.25) is 0 Å². The number of aromatic nitrogens is 1. The number of nitrogens with one attached hydrogen (secondary N) is 1. The van der Waals surface area contributed by atoms with Crippen molar-refractivity contribution in [1.82, 2.24) is 9.88 Å². The Labute approximate surface area is 209 Å². The van der Waals surface area contributed by atoms with Crippen LogP contribution >= 0.6 is 0 Å². The van der Waals surface area contributed by atoms with Gasteiger partial charge in [-0.1, -0.05) is 12.1 Å². The lowest BCUT2D eigenvalue weighted by atomic mass is 9.86. The normalized spacial score (nSPS) is 22.9. The molecule has 9 heteroatoms. The number of rotatable bonds is 6. The number of hydrogen-bond acceptors (Lipinski definition) is 5. The molecule has 2 aromatic rings. The molecule has 3 aliphatic rings. The quantitative estimate of drug-likeness (QED) is 0.553. The Hall–Kier alpha value is -2.65. The van der Waals surface area contributed by atoms with E-state index in [1.807, 2.05) is 30.3 Å². The van der Waals surface area contributed by atoms with Crippen molar-refractivity contribution in [3.05, 3.63) is 47.7 Å². The fraction of sp³-hybridized carbons (Fsp3) is 0.556. The summed E-state index contributed by atoms with van der Waals surface area (Å²) in [6.45, 7) is 0.513. The molecule has 1 amide bonds. The number of benzene rings is 1. The van der Waals surface area contributed by atoms with Crippen molar-refractivity contribution in [1.29, 1.82) is 0 Å². The molecule has 1 aliphatic heterocycles. The van der Waals surface area contributed by atoms with Crippen LogP contribution in [0.15, 0.2) is 36.5 Å². The fourth-order valence-corrected chi connectivity index (χ4v) is 5.70. The van der Waals surface area contributed by atoms with Crippen LogP contribution < -0.4 is 10.2 Å². The summed E-state index contributed by atoms with van der Waals surface area (Å²) in [6, 6.07) is 7.90. The van der Waals surface area contributed by atoms with E-state index in [1.165, 1.54) is 11.9 Å². The molecule has 1 N–H and O–H groups in total. The van der Waals surface area contributed by atoms with Gasteiger partial charge in [-0.05, 0) is 75.3 Å². The smallest absolute Gasteiger partial charge is 0.381 e. The van der Waals surface area contributed by atoms with E-state index in [9.17, 15) is 18.0 Å². The first-order chi connectivity index (χ1) is 17.2. The lowest BCUT2D eigenvalue weighted by Crippen LogP contribution is -2.44. The molecule has 2 aliphatic carbocycles. The second kappa shape index (κ2) is 10.0. The summed E-state index contributed by atoms with van der Waals surface area (Å²) in [4.78, 5) is 21.5. The first-order valence-electron chi connectivity index (χ1n) is 12.7. The fourth-order valence-electron chi connectivity index (χ4n) is 5.70. The third-order valence-corrected chi connectivity index (χ3v) is 7.76. The molecule has 0 bridgehead atoms. The molecule has 194 valence electrons. The molecular formula is C27H33F3N4O2. The Morgan fingerprint density at radius 1 is 1.19 bits per heavy atom. The zero-order chi connectivity index (χ0) is 25.4. The minimum absolute atomic E-state index is 0.0426. The molecule has 0 spiro atoms. The van der Waals surface area contributed by atoms with Gasteiger partial charge in [0.25, 0.3) is 0 Å². The third kappa shape index (κ3) is 5.22. The van der Waals surface area contributed by atoms with Crippen LogP contribution in [0.3, 0.4) is 0 Å². The number of halogens is 3. The number of ether oxygens (including phenoxy) is 1. The second-order valence-corrected chi connectivity index (χ2v) is 10.4. The van der Waals surface area contributed by atoms with E-state index in [0.29, 0.717) is 30.9 Å². The van der Waals surface area contributed by atoms with E-state index in [2.05, 4.69) is 10.3 Å². The van der Waals surface area contributed by atoms with Crippen molar-refractivity contribution >= 4 is 23.1 Å². The number of hydrogen-bond donors (Lipinski definition) is 1. The van der Waals surface area contributed by atoms with Gasteiger partial charge in [-0.3, -0.25) is 9.69 Å². The highest BCUT2D eigenvalue weighted by Gasteiger charge is 2.50. The number of carbonyl (C=O) groups is 1. The molecule has 2 saturated carbocycles. The van der Waals surface area contributed by atoms with Gasteiger partial charge >= 0.3 is 6.18 Å². The maximum absolute atomic E-state index is 13.8. The number of pyridine rings is 1. The minimum Gasteiger partial charge on any atom is -0.381 e. The highest BCUT2D eigenvalue weighted by molar-refractivity contribution is 5.99. The summed E-state index contributed by atoms with van der Waals surface area (Å²) >= 11 is 0. The number of fused-ring (bicyclic) bond motifs is 2. The predicted octanol–water partition coefficient (Wildman–Crippen LogP) is 5.65. The van der Waals surface area contributed by atoms with Gasteiger partial charge in [-0.2, -0.15) is 13.2 Å². The number of alkyl halides is 3. The first-order valence-corrected chi connectivity index (χ1v) is 12.7. The Morgan fingerprint density at radius 2 is 1.94 bits per heavy atom. The van der Waals surface area contributed by atoms with Crippen molar-refractivity contribution in [3.63, 3.8) is 0 Å². The molecular weight excluding hydrogens is 469 g/mol.